The minimum absolute atomic E-state index is 0.120. The summed E-state index contributed by atoms with van der Waals surface area (Å²) in [6, 6.07) is 3.28. The number of nitrogens with zero attached hydrogens (tertiary/aromatic N) is 1. The van der Waals surface area contributed by atoms with Crippen molar-refractivity contribution in [2.24, 2.45) is 0 Å². The van der Waals surface area contributed by atoms with Crippen molar-refractivity contribution in [3.63, 3.8) is 0 Å². The summed E-state index contributed by atoms with van der Waals surface area (Å²) in [5.74, 6) is 0.486. The Balaban J connectivity index is 1.86. The van der Waals surface area contributed by atoms with Crippen LogP contribution in [0.25, 0.3) is 0 Å². The SMILES string of the molecule is COc1cc(C(=O)NCC(=O)NCC(C)N2CCOCC2)cc(OC)c1OC. The van der Waals surface area contributed by atoms with Gasteiger partial charge in [-0.05, 0) is 19.1 Å². The molecule has 1 heterocycles. The number of morpholine rings is 1. The van der Waals surface area contributed by atoms with Crippen LogP contribution < -0.4 is 24.8 Å². The van der Waals surface area contributed by atoms with Gasteiger partial charge in [0.15, 0.2) is 11.5 Å². The van der Waals surface area contributed by atoms with E-state index in [1.807, 2.05) is 0 Å². The molecule has 2 rings (SSSR count). The summed E-state index contributed by atoms with van der Waals surface area (Å²) in [5, 5.41) is 5.45. The van der Waals surface area contributed by atoms with Crippen LogP contribution in [0.15, 0.2) is 12.1 Å². The number of carbonyl (C=O) groups excluding carboxylic acids is 2. The molecule has 1 fully saturated rings. The van der Waals surface area contributed by atoms with E-state index < -0.39 is 5.91 Å². The Bertz CT molecular complexity index is 651. The van der Waals surface area contributed by atoms with Crippen molar-refractivity contribution in [2.75, 3.05) is 60.7 Å². The van der Waals surface area contributed by atoms with Crippen LogP contribution in [-0.4, -0.2) is 83.5 Å². The summed E-state index contributed by atoms with van der Waals surface area (Å²) >= 11 is 0. The lowest BCUT2D eigenvalue weighted by Gasteiger charge is -2.32. The van der Waals surface area contributed by atoms with Crippen LogP contribution in [0.1, 0.15) is 17.3 Å². The minimum Gasteiger partial charge on any atom is -0.493 e. The van der Waals surface area contributed by atoms with Gasteiger partial charge in [0, 0.05) is 31.2 Å². The third-order valence-corrected chi connectivity index (χ3v) is 4.60. The van der Waals surface area contributed by atoms with Crippen molar-refractivity contribution in [1.29, 1.82) is 0 Å². The monoisotopic (exact) mass is 395 g/mol. The molecular formula is C19H29N3O6. The first-order chi connectivity index (χ1) is 13.5. The van der Waals surface area contributed by atoms with Gasteiger partial charge in [-0.25, -0.2) is 0 Å². The van der Waals surface area contributed by atoms with E-state index in [2.05, 4.69) is 22.5 Å². The number of rotatable bonds is 9. The van der Waals surface area contributed by atoms with Gasteiger partial charge in [-0.1, -0.05) is 0 Å². The lowest BCUT2D eigenvalue weighted by Crippen LogP contribution is -2.48. The van der Waals surface area contributed by atoms with E-state index in [4.69, 9.17) is 18.9 Å². The second kappa shape index (κ2) is 10.7. The molecule has 9 nitrogen and oxygen atoms in total. The summed E-state index contributed by atoms with van der Waals surface area (Å²) in [6.07, 6.45) is 0. The fourth-order valence-corrected chi connectivity index (χ4v) is 2.95. The Labute approximate surface area is 165 Å². The molecule has 1 saturated heterocycles. The molecule has 0 radical (unpaired) electrons. The van der Waals surface area contributed by atoms with Crippen molar-refractivity contribution < 1.29 is 28.5 Å². The van der Waals surface area contributed by atoms with Crippen LogP contribution in [0, 0.1) is 0 Å². The van der Waals surface area contributed by atoms with Crippen molar-refractivity contribution in [2.45, 2.75) is 13.0 Å². The zero-order valence-corrected chi connectivity index (χ0v) is 16.9. The first-order valence-corrected chi connectivity index (χ1v) is 9.16. The van der Waals surface area contributed by atoms with E-state index in [0.717, 1.165) is 13.1 Å². The summed E-state index contributed by atoms with van der Waals surface area (Å²) in [5.41, 5.74) is 0.309. The molecule has 1 aliphatic heterocycles. The topological polar surface area (TPSA) is 98.4 Å². The third-order valence-electron chi connectivity index (χ3n) is 4.60. The second-order valence-electron chi connectivity index (χ2n) is 6.40. The summed E-state index contributed by atoms with van der Waals surface area (Å²) in [6.45, 7) is 5.58. The second-order valence-corrected chi connectivity index (χ2v) is 6.40. The van der Waals surface area contributed by atoms with Gasteiger partial charge in [0.05, 0.1) is 41.1 Å². The maximum Gasteiger partial charge on any atom is 0.251 e. The van der Waals surface area contributed by atoms with Crippen molar-refractivity contribution >= 4 is 11.8 Å². The lowest BCUT2D eigenvalue weighted by atomic mass is 10.1. The van der Waals surface area contributed by atoms with Gasteiger partial charge in [-0.3, -0.25) is 14.5 Å². The average Bonchev–Trinajstić information content (AvgIpc) is 2.74. The zero-order valence-electron chi connectivity index (χ0n) is 16.9. The normalized spacial score (nSPS) is 15.4. The summed E-state index contributed by atoms with van der Waals surface area (Å²) < 4.78 is 21.0. The highest BCUT2D eigenvalue weighted by molar-refractivity contribution is 5.97. The molecule has 2 N–H and O–H groups in total. The molecule has 9 heteroatoms. The Hall–Kier alpha value is -2.52. The van der Waals surface area contributed by atoms with Gasteiger partial charge in [-0.15, -0.1) is 0 Å². The predicted molar refractivity (Wildman–Crippen MR) is 103 cm³/mol. The molecule has 0 aliphatic carbocycles. The van der Waals surface area contributed by atoms with E-state index in [-0.39, 0.29) is 18.5 Å². The zero-order chi connectivity index (χ0) is 20.5. The number of hydrogen-bond acceptors (Lipinski definition) is 7. The summed E-state index contributed by atoms with van der Waals surface area (Å²) in [4.78, 5) is 26.7. The minimum atomic E-state index is -0.407. The third kappa shape index (κ3) is 5.74. The molecule has 28 heavy (non-hydrogen) atoms. The maximum absolute atomic E-state index is 12.4. The van der Waals surface area contributed by atoms with E-state index >= 15 is 0 Å². The lowest BCUT2D eigenvalue weighted by molar-refractivity contribution is -0.120. The maximum atomic E-state index is 12.4. The molecular weight excluding hydrogens is 366 g/mol. The highest BCUT2D eigenvalue weighted by atomic mass is 16.5. The number of nitrogens with one attached hydrogen (secondary N) is 2. The van der Waals surface area contributed by atoms with Crippen molar-refractivity contribution in [3.05, 3.63) is 17.7 Å². The Morgan fingerprint density at radius 3 is 2.21 bits per heavy atom. The van der Waals surface area contributed by atoms with Crippen LogP contribution in [0.5, 0.6) is 17.2 Å². The number of amides is 2. The highest BCUT2D eigenvalue weighted by Crippen LogP contribution is 2.38. The fourth-order valence-electron chi connectivity index (χ4n) is 2.95. The molecule has 1 aromatic rings. The molecule has 0 aromatic heterocycles. The van der Waals surface area contributed by atoms with Crippen LogP contribution in [-0.2, 0) is 9.53 Å². The van der Waals surface area contributed by atoms with E-state index in [9.17, 15) is 9.59 Å². The van der Waals surface area contributed by atoms with Gasteiger partial charge < -0.3 is 29.6 Å². The van der Waals surface area contributed by atoms with Crippen molar-refractivity contribution in [1.82, 2.24) is 15.5 Å². The fraction of sp³-hybridized carbons (Fsp3) is 0.579. The number of hydrogen-bond donors (Lipinski definition) is 2. The van der Waals surface area contributed by atoms with E-state index in [1.165, 1.54) is 33.5 Å². The molecule has 0 saturated carbocycles. The Morgan fingerprint density at radius 1 is 1.07 bits per heavy atom. The molecule has 156 valence electrons. The van der Waals surface area contributed by atoms with Gasteiger partial charge >= 0.3 is 0 Å². The molecule has 1 aliphatic rings. The van der Waals surface area contributed by atoms with Gasteiger partial charge in [0.2, 0.25) is 11.7 Å². The quantitative estimate of drug-likeness (QED) is 0.620. The number of carbonyl (C=O) groups is 2. The predicted octanol–water partition coefficient (Wildman–Crippen LogP) is 0.279. The van der Waals surface area contributed by atoms with E-state index in [1.54, 1.807) is 0 Å². The van der Waals surface area contributed by atoms with Gasteiger partial charge in [0.25, 0.3) is 5.91 Å². The van der Waals surface area contributed by atoms with Crippen LogP contribution in [0.2, 0.25) is 0 Å². The number of ether oxygens (including phenoxy) is 4. The standard InChI is InChI=1S/C19H29N3O6/c1-13(22-5-7-28-8-6-22)11-20-17(23)12-21-19(24)14-9-15(25-2)18(27-4)16(10-14)26-3/h9-10,13H,5-8,11-12H2,1-4H3,(H,20,23)(H,21,24). The van der Waals surface area contributed by atoms with Crippen LogP contribution in [0.4, 0.5) is 0 Å². The Kier molecular flexibility index (Phi) is 8.34. The molecule has 0 bridgehead atoms. The molecule has 1 unspecified atom stereocenters. The first-order valence-electron chi connectivity index (χ1n) is 9.16. The first kappa shape index (κ1) is 21.8. The van der Waals surface area contributed by atoms with Crippen LogP contribution in [0.3, 0.4) is 0 Å². The van der Waals surface area contributed by atoms with Gasteiger partial charge in [-0.2, -0.15) is 0 Å². The highest BCUT2D eigenvalue weighted by Gasteiger charge is 2.19. The number of methoxy groups -OCH3 is 3. The smallest absolute Gasteiger partial charge is 0.251 e. The molecule has 1 atom stereocenters. The van der Waals surface area contributed by atoms with Gasteiger partial charge in [0.1, 0.15) is 0 Å². The number of benzene rings is 1. The largest absolute Gasteiger partial charge is 0.493 e. The molecule has 1 aromatic carbocycles. The molecule has 2 amide bonds. The molecule has 0 spiro atoms. The van der Waals surface area contributed by atoms with Crippen LogP contribution >= 0.6 is 0 Å². The van der Waals surface area contributed by atoms with Crippen molar-refractivity contribution in [3.8, 4) is 17.2 Å². The van der Waals surface area contributed by atoms with E-state index in [0.29, 0.717) is 42.6 Å². The average molecular weight is 395 g/mol. The summed E-state index contributed by atoms with van der Waals surface area (Å²) in [7, 11) is 4.44. The Morgan fingerprint density at radius 2 is 1.68 bits per heavy atom.